The van der Waals surface area contributed by atoms with Crippen LogP contribution in [0.5, 0.6) is 11.5 Å². The zero-order chi connectivity index (χ0) is 15.1. The molecule has 0 radical (unpaired) electrons. The normalized spacial score (nSPS) is 12.6. The van der Waals surface area contributed by atoms with Crippen LogP contribution in [0.3, 0.4) is 0 Å². The number of rotatable bonds is 2. The molecule has 4 rings (SSSR count). The van der Waals surface area contributed by atoms with Crippen molar-refractivity contribution in [1.29, 1.82) is 0 Å². The smallest absolute Gasteiger partial charge is 0.231 e. The van der Waals surface area contributed by atoms with Gasteiger partial charge in [0.05, 0.1) is 11.4 Å². The maximum atomic E-state index is 5.44. The van der Waals surface area contributed by atoms with Gasteiger partial charge in [-0.2, -0.15) is 5.10 Å². The van der Waals surface area contributed by atoms with Gasteiger partial charge in [0, 0.05) is 24.4 Å². The van der Waals surface area contributed by atoms with Crippen molar-refractivity contribution in [2.45, 2.75) is 0 Å². The Hall–Kier alpha value is -2.34. The van der Waals surface area contributed by atoms with E-state index in [1.165, 1.54) is 0 Å². The molecule has 110 valence electrons. The van der Waals surface area contributed by atoms with Crippen LogP contribution in [0, 0.1) is 0 Å². The number of pyridine rings is 1. The molecular weight excluding hydrogens is 346 g/mol. The molecule has 3 aromatic rings. The molecule has 6 heteroatoms. The van der Waals surface area contributed by atoms with Crippen molar-refractivity contribution in [2.24, 2.45) is 7.05 Å². The van der Waals surface area contributed by atoms with E-state index >= 15 is 0 Å². The molecule has 0 saturated carbocycles. The van der Waals surface area contributed by atoms with Gasteiger partial charge in [-0.3, -0.25) is 4.68 Å². The molecule has 22 heavy (non-hydrogen) atoms. The minimum atomic E-state index is 0.278. The predicted octanol–water partition coefficient (Wildman–Crippen LogP) is 3.64. The topological polar surface area (TPSA) is 49.2 Å². The third kappa shape index (κ3) is 2.25. The van der Waals surface area contributed by atoms with Crippen molar-refractivity contribution >= 4 is 15.9 Å². The number of ether oxygens (including phenoxy) is 2. The lowest BCUT2D eigenvalue weighted by Gasteiger charge is -2.03. The van der Waals surface area contributed by atoms with Gasteiger partial charge in [0.25, 0.3) is 0 Å². The first-order valence-electron chi connectivity index (χ1n) is 6.77. The van der Waals surface area contributed by atoms with Crippen molar-refractivity contribution in [1.82, 2.24) is 14.8 Å². The second kappa shape index (κ2) is 5.14. The van der Waals surface area contributed by atoms with Crippen molar-refractivity contribution < 1.29 is 9.47 Å². The highest BCUT2D eigenvalue weighted by atomic mass is 79.9. The summed E-state index contributed by atoms with van der Waals surface area (Å²) in [7, 11) is 1.93. The molecule has 0 bridgehead atoms. The van der Waals surface area contributed by atoms with Gasteiger partial charge in [-0.25, -0.2) is 4.98 Å². The standard InChI is InChI=1S/C16H12BrN3O2/c1-20-13(11-2-3-14-15(6-11)22-9-21-14)8-12(19-20)10-4-5-18-16(17)7-10/h2-8H,9H2,1H3. The van der Waals surface area contributed by atoms with Crippen LogP contribution in [-0.4, -0.2) is 21.6 Å². The Balaban J connectivity index is 1.77. The Morgan fingerprint density at radius 3 is 2.77 bits per heavy atom. The number of nitrogens with zero attached hydrogens (tertiary/aromatic N) is 3. The van der Waals surface area contributed by atoms with Crippen LogP contribution in [0.2, 0.25) is 0 Å². The molecule has 2 aromatic heterocycles. The summed E-state index contributed by atoms with van der Waals surface area (Å²) in [6, 6.07) is 11.9. The van der Waals surface area contributed by atoms with Crippen molar-refractivity contribution in [2.75, 3.05) is 6.79 Å². The molecule has 1 aliphatic heterocycles. The van der Waals surface area contributed by atoms with Crippen molar-refractivity contribution in [3.8, 4) is 34.0 Å². The number of aryl methyl sites for hydroxylation is 1. The summed E-state index contributed by atoms with van der Waals surface area (Å²) in [5, 5.41) is 4.59. The molecular formula is C16H12BrN3O2. The number of hydrogen-bond acceptors (Lipinski definition) is 4. The maximum absolute atomic E-state index is 5.44. The van der Waals surface area contributed by atoms with Gasteiger partial charge in [-0.05, 0) is 52.3 Å². The molecule has 0 fully saturated rings. The lowest BCUT2D eigenvalue weighted by molar-refractivity contribution is 0.174. The summed E-state index contributed by atoms with van der Waals surface area (Å²) in [6.07, 6.45) is 1.76. The second-order valence-corrected chi connectivity index (χ2v) is 5.79. The number of halogens is 1. The predicted molar refractivity (Wildman–Crippen MR) is 85.7 cm³/mol. The van der Waals surface area contributed by atoms with Crippen LogP contribution >= 0.6 is 15.9 Å². The van der Waals surface area contributed by atoms with Crippen LogP contribution in [-0.2, 0) is 7.05 Å². The molecule has 0 unspecified atom stereocenters. The van der Waals surface area contributed by atoms with Crippen LogP contribution in [0.25, 0.3) is 22.5 Å². The first-order valence-corrected chi connectivity index (χ1v) is 7.56. The van der Waals surface area contributed by atoms with Gasteiger partial charge < -0.3 is 9.47 Å². The highest BCUT2D eigenvalue weighted by Gasteiger charge is 2.16. The lowest BCUT2D eigenvalue weighted by Crippen LogP contribution is -1.94. The van der Waals surface area contributed by atoms with Gasteiger partial charge in [0.2, 0.25) is 6.79 Å². The zero-order valence-electron chi connectivity index (χ0n) is 11.8. The SMILES string of the molecule is Cn1nc(-c2ccnc(Br)c2)cc1-c1ccc2c(c1)OCO2. The molecule has 0 aliphatic carbocycles. The fraction of sp³-hybridized carbons (Fsp3) is 0.125. The van der Waals surface area contributed by atoms with Gasteiger partial charge in [-0.15, -0.1) is 0 Å². The highest BCUT2D eigenvalue weighted by Crippen LogP contribution is 2.36. The van der Waals surface area contributed by atoms with Crippen LogP contribution in [0.15, 0.2) is 47.2 Å². The largest absolute Gasteiger partial charge is 0.454 e. The third-order valence-corrected chi connectivity index (χ3v) is 4.00. The number of hydrogen-bond donors (Lipinski definition) is 0. The minimum Gasteiger partial charge on any atom is -0.454 e. The molecule has 0 saturated heterocycles. The van der Waals surface area contributed by atoms with Crippen LogP contribution < -0.4 is 9.47 Å². The Kier molecular flexibility index (Phi) is 3.11. The van der Waals surface area contributed by atoms with E-state index in [4.69, 9.17) is 9.47 Å². The van der Waals surface area contributed by atoms with Crippen LogP contribution in [0.4, 0.5) is 0 Å². The van der Waals surface area contributed by atoms with E-state index in [1.807, 2.05) is 42.1 Å². The molecule has 0 N–H and O–H groups in total. The maximum Gasteiger partial charge on any atom is 0.231 e. The minimum absolute atomic E-state index is 0.278. The monoisotopic (exact) mass is 357 g/mol. The first-order chi connectivity index (χ1) is 10.7. The average Bonchev–Trinajstić information content (AvgIpc) is 3.12. The van der Waals surface area contributed by atoms with Gasteiger partial charge in [0.1, 0.15) is 4.60 Å². The van der Waals surface area contributed by atoms with E-state index in [9.17, 15) is 0 Å². The van der Waals surface area contributed by atoms with E-state index in [0.717, 1.165) is 38.6 Å². The van der Waals surface area contributed by atoms with Gasteiger partial charge in [0.15, 0.2) is 11.5 Å². The van der Waals surface area contributed by atoms with Crippen LogP contribution in [0.1, 0.15) is 0 Å². The summed E-state index contributed by atoms with van der Waals surface area (Å²) in [6.45, 7) is 0.278. The average molecular weight is 358 g/mol. The highest BCUT2D eigenvalue weighted by molar-refractivity contribution is 9.10. The first kappa shape index (κ1) is 13.3. The third-order valence-electron chi connectivity index (χ3n) is 3.57. The molecule has 5 nitrogen and oxygen atoms in total. The van der Waals surface area contributed by atoms with E-state index in [2.05, 4.69) is 32.1 Å². The summed E-state index contributed by atoms with van der Waals surface area (Å²) in [5.74, 6) is 1.55. The van der Waals surface area contributed by atoms with E-state index in [1.54, 1.807) is 6.20 Å². The molecule has 0 atom stereocenters. The summed E-state index contributed by atoms with van der Waals surface area (Å²) >= 11 is 3.39. The number of aromatic nitrogens is 3. The van der Waals surface area contributed by atoms with E-state index in [0.29, 0.717) is 0 Å². The number of benzene rings is 1. The fourth-order valence-electron chi connectivity index (χ4n) is 2.50. The second-order valence-electron chi connectivity index (χ2n) is 4.97. The molecule has 1 aliphatic rings. The Bertz CT molecular complexity index is 860. The summed E-state index contributed by atoms with van der Waals surface area (Å²) in [5.41, 5.74) is 3.97. The molecule has 0 amide bonds. The van der Waals surface area contributed by atoms with Crippen molar-refractivity contribution in [3.63, 3.8) is 0 Å². The Morgan fingerprint density at radius 2 is 1.91 bits per heavy atom. The van der Waals surface area contributed by atoms with E-state index in [-0.39, 0.29) is 6.79 Å². The molecule has 1 aromatic carbocycles. The Morgan fingerprint density at radius 1 is 1.05 bits per heavy atom. The summed E-state index contributed by atoms with van der Waals surface area (Å²) in [4.78, 5) is 4.14. The zero-order valence-corrected chi connectivity index (χ0v) is 13.4. The molecule has 3 heterocycles. The quantitative estimate of drug-likeness (QED) is 0.657. The summed E-state index contributed by atoms with van der Waals surface area (Å²) < 4.78 is 13.4. The Labute approximate surface area is 135 Å². The van der Waals surface area contributed by atoms with Gasteiger partial charge in [-0.1, -0.05) is 0 Å². The number of fused-ring (bicyclic) bond motifs is 1. The fourth-order valence-corrected chi connectivity index (χ4v) is 2.86. The van der Waals surface area contributed by atoms with Gasteiger partial charge >= 0.3 is 0 Å². The van der Waals surface area contributed by atoms with E-state index < -0.39 is 0 Å². The van der Waals surface area contributed by atoms with Crippen molar-refractivity contribution in [3.05, 3.63) is 47.2 Å². The lowest BCUT2D eigenvalue weighted by atomic mass is 10.1. The molecule has 0 spiro atoms.